The van der Waals surface area contributed by atoms with Gasteiger partial charge in [0.15, 0.2) is 12.0 Å². The molecule has 0 radical (unpaired) electrons. The molecule has 2 aromatic heterocycles. The maximum atomic E-state index is 12.5. The zero-order valence-electron chi connectivity index (χ0n) is 12.6. The molecule has 0 atom stereocenters. The standard InChI is InChI=1S/C10H5F3N2OS.C4H11NS/c11-10(12,13)8-7(5-16)17-9(15-8)6-2-1-3-14-4-6;1-5-3-4-6-2/h1-5H;5H,3-4H2,1-2H3. The summed E-state index contributed by atoms with van der Waals surface area (Å²) in [4.78, 5) is 17.4. The molecule has 2 heterocycles. The van der Waals surface area contributed by atoms with Crippen LogP contribution in [0.1, 0.15) is 15.4 Å². The van der Waals surface area contributed by atoms with Crippen molar-refractivity contribution in [1.82, 2.24) is 15.3 Å². The number of hydrogen-bond acceptors (Lipinski definition) is 6. The Bertz CT molecular complexity index is 599. The van der Waals surface area contributed by atoms with Crippen LogP contribution in [0.2, 0.25) is 0 Å². The SMILES string of the molecule is CNCCSC.O=Cc1sc(-c2cccnc2)nc1C(F)(F)F. The minimum atomic E-state index is -4.62. The predicted octanol–water partition coefficient (Wildman–Crippen LogP) is 3.61. The summed E-state index contributed by atoms with van der Waals surface area (Å²) in [5.41, 5.74) is -0.688. The van der Waals surface area contributed by atoms with Gasteiger partial charge in [-0.25, -0.2) is 4.98 Å². The van der Waals surface area contributed by atoms with E-state index >= 15 is 0 Å². The topological polar surface area (TPSA) is 54.9 Å². The van der Waals surface area contributed by atoms with E-state index in [2.05, 4.69) is 21.5 Å². The molecule has 1 N–H and O–H groups in total. The zero-order chi connectivity index (χ0) is 17.3. The van der Waals surface area contributed by atoms with Crippen LogP contribution in [0, 0.1) is 0 Å². The molecule has 126 valence electrons. The largest absolute Gasteiger partial charge is 0.434 e. The molecule has 23 heavy (non-hydrogen) atoms. The van der Waals surface area contributed by atoms with Crippen LogP contribution in [0.5, 0.6) is 0 Å². The summed E-state index contributed by atoms with van der Waals surface area (Å²) in [7, 11) is 1.97. The monoisotopic (exact) mass is 363 g/mol. The average molecular weight is 363 g/mol. The lowest BCUT2D eigenvalue weighted by molar-refractivity contribution is -0.140. The van der Waals surface area contributed by atoms with E-state index in [-0.39, 0.29) is 11.3 Å². The highest BCUT2D eigenvalue weighted by Gasteiger charge is 2.37. The van der Waals surface area contributed by atoms with Crippen LogP contribution in [0.3, 0.4) is 0 Å². The van der Waals surface area contributed by atoms with Crippen LogP contribution in [0.25, 0.3) is 10.6 Å². The number of aldehydes is 1. The van der Waals surface area contributed by atoms with Gasteiger partial charge in [0, 0.05) is 30.3 Å². The van der Waals surface area contributed by atoms with Gasteiger partial charge in [-0.15, -0.1) is 11.3 Å². The average Bonchev–Trinajstić information content (AvgIpc) is 2.99. The number of thiazole rings is 1. The highest BCUT2D eigenvalue weighted by atomic mass is 32.2. The Balaban J connectivity index is 0.000000379. The molecule has 9 heteroatoms. The molecular formula is C14H16F3N3OS2. The van der Waals surface area contributed by atoms with Crippen molar-refractivity contribution in [3.05, 3.63) is 35.1 Å². The van der Waals surface area contributed by atoms with Crippen molar-refractivity contribution < 1.29 is 18.0 Å². The van der Waals surface area contributed by atoms with E-state index in [0.717, 1.165) is 6.54 Å². The lowest BCUT2D eigenvalue weighted by Gasteiger charge is -2.01. The van der Waals surface area contributed by atoms with Gasteiger partial charge in [-0.1, -0.05) is 0 Å². The van der Waals surface area contributed by atoms with Crippen LogP contribution in [0.15, 0.2) is 24.5 Å². The second kappa shape index (κ2) is 9.64. The predicted molar refractivity (Wildman–Crippen MR) is 88.0 cm³/mol. The molecule has 0 aliphatic carbocycles. The summed E-state index contributed by atoms with van der Waals surface area (Å²) in [6, 6.07) is 3.17. The van der Waals surface area contributed by atoms with Gasteiger partial charge in [0.25, 0.3) is 0 Å². The number of carbonyl (C=O) groups is 1. The number of nitrogens with zero attached hydrogens (tertiary/aromatic N) is 2. The minimum absolute atomic E-state index is 0.132. The number of halogens is 3. The quantitative estimate of drug-likeness (QED) is 0.650. The Morgan fingerprint density at radius 3 is 2.57 bits per heavy atom. The summed E-state index contributed by atoms with van der Waals surface area (Å²) in [5, 5.41) is 3.18. The van der Waals surface area contributed by atoms with Gasteiger partial charge in [0.1, 0.15) is 5.01 Å². The van der Waals surface area contributed by atoms with Crippen molar-refractivity contribution in [2.75, 3.05) is 25.6 Å². The first kappa shape index (κ1) is 19.6. The molecule has 4 nitrogen and oxygen atoms in total. The normalized spacial score (nSPS) is 10.8. The van der Waals surface area contributed by atoms with E-state index in [0.29, 0.717) is 16.9 Å². The lowest BCUT2D eigenvalue weighted by Crippen LogP contribution is -2.09. The molecule has 0 saturated heterocycles. The first-order chi connectivity index (χ1) is 10.9. The van der Waals surface area contributed by atoms with Crippen molar-refractivity contribution in [2.24, 2.45) is 0 Å². The third-order valence-corrected chi connectivity index (χ3v) is 4.14. The molecule has 2 rings (SSSR count). The fraction of sp³-hybridized carbons (Fsp3) is 0.357. The maximum Gasteiger partial charge on any atom is 0.434 e. The van der Waals surface area contributed by atoms with Crippen molar-refractivity contribution in [3.8, 4) is 10.6 Å². The van der Waals surface area contributed by atoms with E-state index < -0.39 is 16.7 Å². The number of rotatable bonds is 5. The van der Waals surface area contributed by atoms with Crippen molar-refractivity contribution >= 4 is 29.4 Å². The Morgan fingerprint density at radius 2 is 2.17 bits per heavy atom. The Labute approximate surface area is 140 Å². The second-order valence-corrected chi connectivity index (χ2v) is 6.20. The molecule has 0 aromatic carbocycles. The molecule has 0 amide bonds. The summed E-state index contributed by atoms with van der Waals surface area (Å²) in [5.74, 6) is 1.22. The van der Waals surface area contributed by atoms with Crippen LogP contribution in [0.4, 0.5) is 13.2 Å². The maximum absolute atomic E-state index is 12.5. The van der Waals surface area contributed by atoms with Crippen LogP contribution < -0.4 is 5.32 Å². The van der Waals surface area contributed by atoms with Crippen LogP contribution >= 0.6 is 23.1 Å². The molecule has 0 spiro atoms. The van der Waals surface area contributed by atoms with Crippen molar-refractivity contribution in [1.29, 1.82) is 0 Å². The lowest BCUT2D eigenvalue weighted by atomic mass is 10.3. The van der Waals surface area contributed by atoms with Gasteiger partial charge in [-0.05, 0) is 25.4 Å². The van der Waals surface area contributed by atoms with Gasteiger partial charge in [0.2, 0.25) is 0 Å². The molecule has 0 unspecified atom stereocenters. The van der Waals surface area contributed by atoms with Gasteiger partial charge in [-0.3, -0.25) is 9.78 Å². The number of alkyl halides is 3. The van der Waals surface area contributed by atoms with E-state index in [4.69, 9.17) is 0 Å². The molecule has 0 fully saturated rings. The first-order valence-corrected chi connectivity index (χ1v) is 8.72. The van der Waals surface area contributed by atoms with E-state index in [1.54, 1.807) is 12.1 Å². The van der Waals surface area contributed by atoms with Gasteiger partial charge in [0.05, 0.1) is 4.88 Å². The zero-order valence-corrected chi connectivity index (χ0v) is 14.2. The molecule has 2 aromatic rings. The fourth-order valence-electron chi connectivity index (χ4n) is 1.43. The number of carbonyl (C=O) groups excluding carboxylic acids is 1. The number of pyridine rings is 1. The van der Waals surface area contributed by atoms with Gasteiger partial charge in [-0.2, -0.15) is 24.9 Å². The number of hydrogen-bond donors (Lipinski definition) is 1. The van der Waals surface area contributed by atoms with E-state index in [1.807, 2.05) is 18.8 Å². The molecule has 0 bridgehead atoms. The van der Waals surface area contributed by atoms with Crippen molar-refractivity contribution in [2.45, 2.75) is 6.18 Å². The van der Waals surface area contributed by atoms with Gasteiger partial charge < -0.3 is 5.32 Å². The van der Waals surface area contributed by atoms with Crippen molar-refractivity contribution in [3.63, 3.8) is 0 Å². The van der Waals surface area contributed by atoms with Crippen LogP contribution in [-0.4, -0.2) is 41.9 Å². The Morgan fingerprint density at radius 1 is 1.43 bits per heavy atom. The highest BCUT2D eigenvalue weighted by Crippen LogP contribution is 2.36. The minimum Gasteiger partial charge on any atom is -0.319 e. The molecular weight excluding hydrogens is 347 g/mol. The molecule has 0 saturated carbocycles. The summed E-state index contributed by atoms with van der Waals surface area (Å²) >= 11 is 2.56. The number of nitrogens with one attached hydrogen (secondary N) is 1. The van der Waals surface area contributed by atoms with Crippen LogP contribution in [-0.2, 0) is 6.18 Å². The molecule has 0 aliphatic rings. The fourth-order valence-corrected chi connectivity index (χ4v) is 2.73. The number of aromatic nitrogens is 2. The third kappa shape index (κ3) is 6.28. The summed E-state index contributed by atoms with van der Waals surface area (Å²) < 4.78 is 37.6. The molecule has 0 aliphatic heterocycles. The second-order valence-electron chi connectivity index (χ2n) is 4.19. The smallest absolute Gasteiger partial charge is 0.319 e. The highest BCUT2D eigenvalue weighted by molar-refractivity contribution is 7.98. The first-order valence-electron chi connectivity index (χ1n) is 6.51. The van der Waals surface area contributed by atoms with E-state index in [1.165, 1.54) is 18.1 Å². The van der Waals surface area contributed by atoms with E-state index in [9.17, 15) is 18.0 Å². The third-order valence-electron chi connectivity index (χ3n) is 2.49. The Hall–Kier alpha value is -1.45. The summed E-state index contributed by atoms with van der Waals surface area (Å²) in [6.45, 7) is 1.13. The number of thioether (sulfide) groups is 1. The van der Waals surface area contributed by atoms with Gasteiger partial charge >= 0.3 is 6.18 Å². The Kier molecular flexibility index (Phi) is 8.21. The summed E-state index contributed by atoms with van der Waals surface area (Å²) in [6.07, 6.45) is 0.556.